The number of carbonyl (C=O) groups is 1. The van der Waals surface area contributed by atoms with E-state index in [9.17, 15) is 9.90 Å². The number of aliphatic hydroxyl groups is 1. The maximum absolute atomic E-state index is 12.6. The predicted octanol–water partition coefficient (Wildman–Crippen LogP) is 1.40. The number of rotatable bonds is 3. The summed E-state index contributed by atoms with van der Waals surface area (Å²) in [4.78, 5) is 15.1. The van der Waals surface area contributed by atoms with Crippen LogP contribution in [0.3, 0.4) is 0 Å². The maximum Gasteiger partial charge on any atom is 0.251 e. The number of nitrogens with zero attached hydrogens (tertiary/aromatic N) is 1. The molecule has 0 radical (unpaired) electrons. The van der Waals surface area contributed by atoms with Crippen LogP contribution in [0.5, 0.6) is 0 Å². The molecule has 0 spiro atoms. The molecule has 2 saturated heterocycles. The molecule has 5 nitrogen and oxygen atoms in total. The van der Waals surface area contributed by atoms with E-state index < -0.39 is 5.60 Å². The number of hydrogen-bond donors (Lipinski definition) is 2. The molecule has 2 aliphatic rings. The van der Waals surface area contributed by atoms with Gasteiger partial charge in [-0.05, 0) is 58.0 Å². The summed E-state index contributed by atoms with van der Waals surface area (Å²) in [5.41, 5.74) is 0.241. The van der Waals surface area contributed by atoms with Crippen molar-refractivity contribution in [3.05, 3.63) is 35.4 Å². The van der Waals surface area contributed by atoms with Crippen LogP contribution < -0.4 is 5.32 Å². The fourth-order valence-electron chi connectivity index (χ4n) is 3.33. The van der Waals surface area contributed by atoms with Crippen LogP contribution in [0, 0.1) is 11.8 Å². The first-order valence-electron chi connectivity index (χ1n) is 8.91. The SMILES string of the molecule is CC(C)(O)C#Cc1cccc(C(=O)N[C@@H]2COC[C@H]2N2CCCC2)c1. The van der Waals surface area contributed by atoms with Gasteiger partial charge in [0.05, 0.1) is 25.3 Å². The van der Waals surface area contributed by atoms with Crippen LogP contribution in [0.15, 0.2) is 24.3 Å². The third kappa shape index (κ3) is 4.82. The number of amides is 1. The second-order valence-electron chi connectivity index (χ2n) is 7.32. The Bertz CT molecular complexity index is 678. The van der Waals surface area contributed by atoms with Gasteiger partial charge in [-0.3, -0.25) is 9.69 Å². The summed E-state index contributed by atoms with van der Waals surface area (Å²) < 4.78 is 5.61. The van der Waals surface area contributed by atoms with E-state index in [4.69, 9.17) is 4.74 Å². The van der Waals surface area contributed by atoms with Gasteiger partial charge >= 0.3 is 0 Å². The Kier molecular flexibility index (Phi) is 5.43. The first kappa shape index (κ1) is 17.9. The molecule has 0 bridgehead atoms. The van der Waals surface area contributed by atoms with E-state index in [1.54, 1.807) is 26.0 Å². The second-order valence-corrected chi connectivity index (χ2v) is 7.32. The van der Waals surface area contributed by atoms with E-state index in [1.807, 2.05) is 12.1 Å². The number of ether oxygens (including phenoxy) is 1. The highest BCUT2D eigenvalue weighted by Gasteiger charge is 2.35. The molecule has 5 heteroatoms. The minimum Gasteiger partial charge on any atom is -0.378 e. The number of nitrogens with one attached hydrogen (secondary N) is 1. The van der Waals surface area contributed by atoms with Crippen molar-refractivity contribution in [2.75, 3.05) is 26.3 Å². The molecule has 0 unspecified atom stereocenters. The number of hydrogen-bond acceptors (Lipinski definition) is 4. The molecule has 0 saturated carbocycles. The quantitative estimate of drug-likeness (QED) is 0.815. The van der Waals surface area contributed by atoms with Crippen LogP contribution in [0.4, 0.5) is 0 Å². The molecule has 2 aliphatic heterocycles. The molecular formula is C20H26N2O3. The monoisotopic (exact) mass is 342 g/mol. The summed E-state index contributed by atoms with van der Waals surface area (Å²) in [6.07, 6.45) is 2.44. The molecule has 1 amide bonds. The molecule has 1 aromatic carbocycles. The van der Waals surface area contributed by atoms with Gasteiger partial charge in [-0.15, -0.1) is 0 Å². The molecule has 134 valence electrons. The lowest BCUT2D eigenvalue weighted by Crippen LogP contribution is -2.50. The first-order chi connectivity index (χ1) is 11.9. The topological polar surface area (TPSA) is 61.8 Å². The van der Waals surface area contributed by atoms with E-state index in [-0.39, 0.29) is 18.0 Å². The molecule has 1 aromatic rings. The van der Waals surface area contributed by atoms with Crippen molar-refractivity contribution in [1.82, 2.24) is 10.2 Å². The zero-order valence-electron chi connectivity index (χ0n) is 14.9. The average molecular weight is 342 g/mol. The van der Waals surface area contributed by atoms with Gasteiger partial charge in [0.15, 0.2) is 0 Å². The summed E-state index contributed by atoms with van der Waals surface area (Å²) in [5.74, 6) is 5.58. The second kappa shape index (κ2) is 7.57. The van der Waals surface area contributed by atoms with Crippen molar-refractivity contribution in [3.8, 4) is 11.8 Å². The van der Waals surface area contributed by atoms with Crippen LogP contribution in [0.25, 0.3) is 0 Å². The summed E-state index contributed by atoms with van der Waals surface area (Å²) in [6, 6.07) is 7.48. The van der Waals surface area contributed by atoms with E-state index in [0.717, 1.165) is 13.1 Å². The molecule has 3 rings (SSSR count). The highest BCUT2D eigenvalue weighted by molar-refractivity contribution is 5.94. The molecule has 2 N–H and O–H groups in total. The van der Waals surface area contributed by atoms with Crippen molar-refractivity contribution >= 4 is 5.91 Å². The predicted molar refractivity (Wildman–Crippen MR) is 96.3 cm³/mol. The largest absolute Gasteiger partial charge is 0.378 e. The molecule has 2 heterocycles. The summed E-state index contributed by atoms with van der Waals surface area (Å²) in [7, 11) is 0. The Hall–Kier alpha value is -1.87. The Morgan fingerprint density at radius 1 is 1.32 bits per heavy atom. The zero-order valence-corrected chi connectivity index (χ0v) is 14.9. The normalized spacial score (nSPS) is 24.0. The van der Waals surface area contributed by atoms with Crippen molar-refractivity contribution in [2.24, 2.45) is 0 Å². The van der Waals surface area contributed by atoms with Gasteiger partial charge in [-0.2, -0.15) is 0 Å². The zero-order chi connectivity index (χ0) is 17.9. The number of benzene rings is 1. The Balaban J connectivity index is 1.67. The minimum absolute atomic E-state index is 0.0247. The molecule has 0 aliphatic carbocycles. The van der Waals surface area contributed by atoms with Gasteiger partial charge in [0.25, 0.3) is 5.91 Å². The van der Waals surface area contributed by atoms with E-state index in [0.29, 0.717) is 24.3 Å². The third-order valence-electron chi connectivity index (χ3n) is 4.61. The van der Waals surface area contributed by atoms with Gasteiger partial charge in [0, 0.05) is 11.1 Å². The van der Waals surface area contributed by atoms with Crippen molar-refractivity contribution < 1.29 is 14.6 Å². The molecule has 25 heavy (non-hydrogen) atoms. The van der Waals surface area contributed by atoms with Crippen molar-refractivity contribution in [1.29, 1.82) is 0 Å². The smallest absolute Gasteiger partial charge is 0.251 e. The van der Waals surface area contributed by atoms with Gasteiger partial charge in [0.1, 0.15) is 5.60 Å². The molecule has 2 atom stereocenters. The minimum atomic E-state index is -1.05. The fourth-order valence-corrected chi connectivity index (χ4v) is 3.33. The lowest BCUT2D eigenvalue weighted by Gasteiger charge is -2.27. The molecule has 0 aromatic heterocycles. The highest BCUT2D eigenvalue weighted by Crippen LogP contribution is 2.19. The van der Waals surface area contributed by atoms with Gasteiger partial charge in [0.2, 0.25) is 0 Å². The van der Waals surface area contributed by atoms with Crippen LogP contribution >= 0.6 is 0 Å². The number of likely N-dealkylation sites (tertiary alicyclic amines) is 1. The Morgan fingerprint density at radius 3 is 2.80 bits per heavy atom. The van der Waals surface area contributed by atoms with Crippen LogP contribution in [-0.4, -0.2) is 59.9 Å². The lowest BCUT2D eigenvalue weighted by molar-refractivity contribution is 0.0916. The number of carbonyl (C=O) groups excluding carboxylic acids is 1. The van der Waals surface area contributed by atoms with Crippen molar-refractivity contribution in [2.45, 2.75) is 44.4 Å². The summed E-state index contributed by atoms with van der Waals surface area (Å²) in [5, 5.41) is 12.8. The maximum atomic E-state index is 12.6. The highest BCUT2D eigenvalue weighted by atomic mass is 16.5. The van der Waals surface area contributed by atoms with E-state index in [2.05, 4.69) is 22.1 Å². The standard InChI is InChI=1S/C20H26N2O3/c1-20(2,24)9-8-15-6-5-7-16(12-15)19(23)21-17-13-25-14-18(17)22-10-3-4-11-22/h5-7,12,17-18,24H,3-4,10-11,13-14H2,1-2H3,(H,21,23)/t17-,18-/m1/s1. The third-order valence-corrected chi connectivity index (χ3v) is 4.61. The van der Waals surface area contributed by atoms with E-state index >= 15 is 0 Å². The molecular weight excluding hydrogens is 316 g/mol. The van der Waals surface area contributed by atoms with Crippen LogP contribution in [-0.2, 0) is 4.74 Å². The average Bonchev–Trinajstić information content (AvgIpc) is 3.23. The fraction of sp³-hybridized carbons (Fsp3) is 0.550. The van der Waals surface area contributed by atoms with Crippen molar-refractivity contribution in [3.63, 3.8) is 0 Å². The van der Waals surface area contributed by atoms with Gasteiger partial charge in [-0.25, -0.2) is 0 Å². The first-order valence-corrected chi connectivity index (χ1v) is 8.91. The Labute approximate surface area is 149 Å². The summed E-state index contributed by atoms with van der Waals surface area (Å²) >= 11 is 0. The van der Waals surface area contributed by atoms with Crippen LogP contribution in [0.2, 0.25) is 0 Å². The van der Waals surface area contributed by atoms with Crippen LogP contribution in [0.1, 0.15) is 42.6 Å². The Morgan fingerprint density at radius 2 is 2.08 bits per heavy atom. The van der Waals surface area contributed by atoms with Gasteiger partial charge in [-0.1, -0.05) is 17.9 Å². The molecule has 2 fully saturated rings. The lowest BCUT2D eigenvalue weighted by atomic mass is 10.1. The van der Waals surface area contributed by atoms with E-state index in [1.165, 1.54) is 12.8 Å². The van der Waals surface area contributed by atoms with Gasteiger partial charge < -0.3 is 15.2 Å². The summed E-state index contributed by atoms with van der Waals surface area (Å²) in [6.45, 7) is 6.68.